The molecular weight excluding hydrogens is 152 g/mol. The summed E-state index contributed by atoms with van der Waals surface area (Å²) < 4.78 is 1.67. The van der Waals surface area contributed by atoms with Crippen LogP contribution >= 0.6 is 0 Å². The highest BCUT2D eigenvalue weighted by Crippen LogP contribution is 2.03. The molecule has 0 fully saturated rings. The molecule has 1 aromatic heterocycles. The van der Waals surface area contributed by atoms with E-state index in [1.54, 1.807) is 11.0 Å². The maximum atomic E-state index is 5.10. The Kier molecular flexibility index (Phi) is 2.83. The largest absolute Gasteiger partial charge is 0.297 e. The van der Waals surface area contributed by atoms with Crippen molar-refractivity contribution in [3.63, 3.8) is 0 Å². The first-order valence-electron chi connectivity index (χ1n) is 3.76. The monoisotopic (exact) mass is 164 g/mol. The fraction of sp³-hybridized carbons (Fsp3) is 0.500. The molecule has 0 aliphatic rings. The molecule has 0 amide bonds. The molecule has 0 aliphatic heterocycles. The van der Waals surface area contributed by atoms with E-state index >= 15 is 0 Å². The van der Waals surface area contributed by atoms with Crippen LogP contribution in [0.3, 0.4) is 0 Å². The maximum Gasteiger partial charge on any atom is 0.167 e. The van der Waals surface area contributed by atoms with Gasteiger partial charge >= 0.3 is 0 Å². The lowest BCUT2D eigenvalue weighted by Crippen LogP contribution is -2.19. The fourth-order valence-electron chi connectivity index (χ4n) is 0.858. The molecule has 0 saturated carbocycles. The van der Waals surface area contributed by atoms with Crippen LogP contribution in [0.25, 0.3) is 0 Å². The first-order chi connectivity index (χ1) is 5.74. The number of nitrogens with one attached hydrogen (secondary N) is 1. The van der Waals surface area contributed by atoms with E-state index in [2.05, 4.69) is 21.3 Å². The second kappa shape index (κ2) is 3.88. The molecule has 0 saturated heterocycles. The summed E-state index contributed by atoms with van der Waals surface area (Å²) >= 11 is 0. The molecule has 1 aromatic rings. The van der Waals surface area contributed by atoms with Gasteiger partial charge in [0.25, 0.3) is 0 Å². The molecule has 0 bridgehead atoms. The maximum absolute atomic E-state index is 5.10. The smallest absolute Gasteiger partial charge is 0.167 e. The van der Waals surface area contributed by atoms with Crippen molar-refractivity contribution in [2.75, 3.05) is 6.54 Å². The quantitative estimate of drug-likeness (QED) is 0.644. The number of aryl methyl sites for hydroxylation is 1. The van der Waals surface area contributed by atoms with Crippen molar-refractivity contribution < 1.29 is 0 Å². The second-order valence-electron chi connectivity index (χ2n) is 2.58. The normalized spacial score (nSPS) is 12.4. The summed E-state index contributed by atoms with van der Waals surface area (Å²) in [6.07, 6.45) is 6.77. The van der Waals surface area contributed by atoms with Crippen LogP contribution < -0.4 is 5.32 Å². The summed E-state index contributed by atoms with van der Waals surface area (Å²) in [5, 5.41) is 7.23. The number of aromatic nitrogens is 3. The molecule has 1 N–H and O–H groups in total. The summed E-state index contributed by atoms with van der Waals surface area (Å²) in [6.45, 7) is 2.52. The topological polar surface area (TPSA) is 42.7 Å². The fourth-order valence-corrected chi connectivity index (χ4v) is 0.858. The summed E-state index contributed by atoms with van der Waals surface area (Å²) in [5.41, 5.74) is 0. The summed E-state index contributed by atoms with van der Waals surface area (Å²) in [6, 6.07) is 0.113. The third kappa shape index (κ3) is 2.07. The average molecular weight is 164 g/mol. The molecule has 12 heavy (non-hydrogen) atoms. The first kappa shape index (κ1) is 8.75. The van der Waals surface area contributed by atoms with Crippen LogP contribution in [-0.2, 0) is 7.05 Å². The van der Waals surface area contributed by atoms with Gasteiger partial charge in [-0.25, -0.2) is 4.98 Å². The van der Waals surface area contributed by atoms with Gasteiger partial charge in [-0.1, -0.05) is 5.92 Å². The molecule has 0 aliphatic carbocycles. The lowest BCUT2D eigenvalue weighted by atomic mass is 10.3. The Hall–Kier alpha value is -1.34. The molecule has 64 valence electrons. The number of hydrogen-bond donors (Lipinski definition) is 1. The Balaban J connectivity index is 2.54. The predicted molar refractivity (Wildman–Crippen MR) is 46.3 cm³/mol. The van der Waals surface area contributed by atoms with Gasteiger partial charge in [0.15, 0.2) is 5.82 Å². The van der Waals surface area contributed by atoms with Crippen molar-refractivity contribution in [3.8, 4) is 12.3 Å². The van der Waals surface area contributed by atoms with Crippen LogP contribution in [0.2, 0.25) is 0 Å². The lowest BCUT2D eigenvalue weighted by molar-refractivity contribution is 0.579. The Morgan fingerprint density at radius 1 is 1.83 bits per heavy atom. The van der Waals surface area contributed by atoms with Crippen LogP contribution in [-0.4, -0.2) is 21.3 Å². The highest BCUT2D eigenvalue weighted by molar-refractivity contribution is 4.94. The van der Waals surface area contributed by atoms with Crippen molar-refractivity contribution >= 4 is 0 Å². The molecule has 4 nitrogen and oxygen atoms in total. The number of terminal acetylenes is 1. The van der Waals surface area contributed by atoms with Gasteiger partial charge in [0.05, 0.1) is 12.6 Å². The predicted octanol–water partition coefficient (Wildman–Crippen LogP) is 0.0989. The van der Waals surface area contributed by atoms with Gasteiger partial charge in [0, 0.05) is 7.05 Å². The van der Waals surface area contributed by atoms with Crippen molar-refractivity contribution in [2.45, 2.75) is 13.0 Å². The zero-order chi connectivity index (χ0) is 8.97. The molecule has 0 radical (unpaired) electrons. The Bertz CT molecular complexity index is 283. The van der Waals surface area contributed by atoms with E-state index in [-0.39, 0.29) is 6.04 Å². The molecule has 1 heterocycles. The summed E-state index contributed by atoms with van der Waals surface area (Å²) in [4.78, 5) is 4.09. The highest BCUT2D eigenvalue weighted by atomic mass is 15.3. The van der Waals surface area contributed by atoms with Crippen molar-refractivity contribution in [1.29, 1.82) is 0 Å². The third-order valence-electron chi connectivity index (χ3n) is 1.51. The van der Waals surface area contributed by atoms with Crippen LogP contribution in [0, 0.1) is 12.3 Å². The van der Waals surface area contributed by atoms with Crippen LogP contribution in [0.1, 0.15) is 18.8 Å². The first-order valence-corrected chi connectivity index (χ1v) is 3.76. The van der Waals surface area contributed by atoms with E-state index in [0.717, 1.165) is 5.82 Å². The van der Waals surface area contributed by atoms with Gasteiger partial charge in [-0.2, -0.15) is 5.10 Å². The minimum Gasteiger partial charge on any atom is -0.297 e. The highest BCUT2D eigenvalue weighted by Gasteiger charge is 2.07. The van der Waals surface area contributed by atoms with Gasteiger partial charge in [-0.05, 0) is 6.92 Å². The molecule has 4 heteroatoms. The van der Waals surface area contributed by atoms with E-state index in [1.807, 2.05) is 14.0 Å². The van der Waals surface area contributed by atoms with E-state index in [1.165, 1.54) is 0 Å². The van der Waals surface area contributed by atoms with E-state index in [4.69, 9.17) is 6.42 Å². The molecular formula is C8H12N4. The number of rotatable bonds is 3. The summed E-state index contributed by atoms with van der Waals surface area (Å²) in [7, 11) is 1.84. The molecule has 0 aromatic carbocycles. The Morgan fingerprint density at radius 2 is 2.58 bits per heavy atom. The number of nitrogens with zero attached hydrogens (tertiary/aromatic N) is 3. The van der Waals surface area contributed by atoms with Gasteiger partial charge in [-0.3, -0.25) is 10.00 Å². The Morgan fingerprint density at radius 3 is 3.08 bits per heavy atom. The lowest BCUT2D eigenvalue weighted by Gasteiger charge is -2.05. The van der Waals surface area contributed by atoms with Crippen molar-refractivity contribution in [2.24, 2.45) is 7.05 Å². The minimum absolute atomic E-state index is 0.113. The van der Waals surface area contributed by atoms with E-state index in [9.17, 15) is 0 Å². The van der Waals surface area contributed by atoms with E-state index < -0.39 is 0 Å². The molecule has 1 atom stereocenters. The SMILES string of the molecule is C#CCNC(C)c1ncn(C)n1. The van der Waals surface area contributed by atoms with Crippen LogP contribution in [0.5, 0.6) is 0 Å². The average Bonchev–Trinajstić information content (AvgIpc) is 2.47. The molecule has 0 spiro atoms. The van der Waals surface area contributed by atoms with Crippen LogP contribution in [0.15, 0.2) is 6.33 Å². The van der Waals surface area contributed by atoms with Gasteiger partial charge in [-0.15, -0.1) is 6.42 Å². The van der Waals surface area contributed by atoms with Crippen molar-refractivity contribution in [3.05, 3.63) is 12.2 Å². The van der Waals surface area contributed by atoms with Crippen molar-refractivity contribution in [1.82, 2.24) is 20.1 Å². The second-order valence-corrected chi connectivity index (χ2v) is 2.58. The van der Waals surface area contributed by atoms with Crippen LogP contribution in [0.4, 0.5) is 0 Å². The van der Waals surface area contributed by atoms with Gasteiger partial charge in [0.1, 0.15) is 6.33 Å². The minimum atomic E-state index is 0.113. The zero-order valence-electron chi connectivity index (χ0n) is 7.28. The van der Waals surface area contributed by atoms with Gasteiger partial charge < -0.3 is 0 Å². The molecule has 1 unspecified atom stereocenters. The van der Waals surface area contributed by atoms with Gasteiger partial charge in [0.2, 0.25) is 0 Å². The Labute approximate surface area is 72.0 Å². The number of hydrogen-bond acceptors (Lipinski definition) is 3. The summed E-state index contributed by atoms with van der Waals surface area (Å²) in [5.74, 6) is 3.27. The standard InChI is InChI=1S/C8H12N4/c1-4-5-9-7(2)8-10-6-12(3)11-8/h1,6-7,9H,5H2,2-3H3. The zero-order valence-corrected chi connectivity index (χ0v) is 7.28. The molecule has 1 rings (SSSR count). The van der Waals surface area contributed by atoms with E-state index in [0.29, 0.717) is 6.54 Å². The third-order valence-corrected chi connectivity index (χ3v) is 1.51.